The van der Waals surface area contributed by atoms with Gasteiger partial charge in [0.05, 0.1) is 12.3 Å². The number of anilines is 2. The fourth-order valence-electron chi connectivity index (χ4n) is 3.32. The van der Waals surface area contributed by atoms with Crippen molar-refractivity contribution in [2.75, 3.05) is 16.8 Å². The summed E-state index contributed by atoms with van der Waals surface area (Å²) in [6, 6.07) is 7.88. The molecule has 3 rings (SSSR count). The van der Waals surface area contributed by atoms with E-state index in [1.54, 1.807) is 18.3 Å². The van der Waals surface area contributed by atoms with Crippen LogP contribution in [0.5, 0.6) is 0 Å². The van der Waals surface area contributed by atoms with Crippen LogP contribution in [0.15, 0.2) is 47.5 Å². The molecule has 1 atom stereocenters. The average molecular weight is 469 g/mol. The second-order valence-corrected chi connectivity index (χ2v) is 8.97. The van der Waals surface area contributed by atoms with Gasteiger partial charge in [-0.1, -0.05) is 0 Å². The van der Waals surface area contributed by atoms with Crippen LogP contribution in [0.2, 0.25) is 0 Å². The molecule has 7 nitrogen and oxygen atoms in total. The molecule has 2 heterocycles. The lowest BCUT2D eigenvalue weighted by Crippen LogP contribution is -2.49. The first-order valence-corrected chi connectivity index (χ1v) is 10.6. The highest BCUT2D eigenvalue weighted by Crippen LogP contribution is 2.39. The van der Waals surface area contributed by atoms with Crippen LogP contribution < -0.4 is 10.2 Å². The van der Waals surface area contributed by atoms with E-state index in [2.05, 4.69) is 10.3 Å². The molecule has 0 aliphatic carbocycles. The van der Waals surface area contributed by atoms with Gasteiger partial charge in [0.1, 0.15) is 11.4 Å². The molecule has 2 N–H and O–H groups in total. The highest BCUT2D eigenvalue weighted by molar-refractivity contribution is 8.00. The molecule has 32 heavy (non-hydrogen) atoms. The van der Waals surface area contributed by atoms with Gasteiger partial charge in [-0.3, -0.25) is 4.79 Å². The number of aromatic nitrogens is 1. The molecule has 1 unspecified atom stereocenters. The Morgan fingerprint density at radius 3 is 2.41 bits per heavy atom. The Morgan fingerprint density at radius 2 is 1.84 bits per heavy atom. The summed E-state index contributed by atoms with van der Waals surface area (Å²) in [5.74, 6) is -0.0495. The van der Waals surface area contributed by atoms with E-state index in [1.165, 1.54) is 36.1 Å². The summed E-state index contributed by atoms with van der Waals surface area (Å²) in [6.07, 6.45) is 1.58. The summed E-state index contributed by atoms with van der Waals surface area (Å²) in [7, 11) is 0. The van der Waals surface area contributed by atoms with Crippen molar-refractivity contribution in [1.29, 1.82) is 0 Å². The number of hydrogen-bond acceptors (Lipinski definition) is 6. The second-order valence-electron chi connectivity index (χ2n) is 7.83. The summed E-state index contributed by atoms with van der Waals surface area (Å²) in [5, 5.41) is 13.1. The first kappa shape index (κ1) is 23.9. The number of imide groups is 1. The van der Waals surface area contributed by atoms with Gasteiger partial charge in [0.2, 0.25) is 0 Å². The third kappa shape index (κ3) is 4.99. The zero-order chi connectivity index (χ0) is 23.7. The molecular formula is C21H23F3N4O3S. The summed E-state index contributed by atoms with van der Waals surface area (Å²) >= 11 is -0.285. The Bertz CT molecular complexity index is 1000. The third-order valence-electron chi connectivity index (χ3n) is 4.92. The fourth-order valence-corrected chi connectivity index (χ4v) is 3.86. The number of nitrogens with one attached hydrogen (secondary N) is 1. The van der Waals surface area contributed by atoms with Crippen molar-refractivity contribution < 1.29 is 27.9 Å². The van der Waals surface area contributed by atoms with Gasteiger partial charge in [0.25, 0.3) is 5.91 Å². The zero-order valence-corrected chi connectivity index (χ0v) is 18.5. The number of carbonyl (C=O) groups excluding carboxylic acids is 2. The summed E-state index contributed by atoms with van der Waals surface area (Å²) < 4.78 is 37.7. The summed E-state index contributed by atoms with van der Waals surface area (Å²) in [4.78, 5) is 32.6. The number of aliphatic hydroxyl groups excluding tert-OH is 1. The second kappa shape index (κ2) is 8.99. The Kier molecular flexibility index (Phi) is 6.70. The van der Waals surface area contributed by atoms with Gasteiger partial charge in [-0.05, 0) is 74.5 Å². The molecule has 1 aromatic heterocycles. The summed E-state index contributed by atoms with van der Waals surface area (Å²) in [6.45, 7) is 4.79. The predicted molar refractivity (Wildman–Crippen MR) is 115 cm³/mol. The quantitative estimate of drug-likeness (QED) is 0.467. The molecular weight excluding hydrogens is 445 g/mol. The van der Waals surface area contributed by atoms with Crippen molar-refractivity contribution in [1.82, 2.24) is 9.88 Å². The van der Waals surface area contributed by atoms with Gasteiger partial charge in [-0.2, -0.15) is 13.2 Å². The van der Waals surface area contributed by atoms with Gasteiger partial charge in [0, 0.05) is 23.7 Å². The number of amides is 3. The number of nitrogens with zero attached hydrogens (tertiary/aromatic N) is 3. The number of urea groups is 1. The molecule has 0 spiro atoms. The molecule has 11 heteroatoms. The number of pyridine rings is 1. The molecule has 0 saturated carbocycles. The molecule has 2 aromatic rings. The number of alkyl halides is 3. The van der Waals surface area contributed by atoms with Crippen LogP contribution in [0.3, 0.4) is 0 Å². The number of halogens is 3. The van der Waals surface area contributed by atoms with Crippen molar-refractivity contribution >= 4 is 35.2 Å². The van der Waals surface area contributed by atoms with E-state index in [-0.39, 0.29) is 34.9 Å². The number of hydrogen-bond donors (Lipinski definition) is 2. The van der Waals surface area contributed by atoms with E-state index < -0.39 is 29.6 Å². The predicted octanol–water partition coefficient (Wildman–Crippen LogP) is 4.23. The van der Waals surface area contributed by atoms with Gasteiger partial charge >= 0.3 is 11.5 Å². The molecule has 0 bridgehead atoms. The van der Waals surface area contributed by atoms with Gasteiger partial charge in [-0.25, -0.2) is 14.7 Å². The Hall–Kier alpha value is -2.79. The first-order valence-electron chi connectivity index (χ1n) is 9.79. The van der Waals surface area contributed by atoms with E-state index >= 15 is 0 Å². The zero-order valence-electron chi connectivity index (χ0n) is 17.7. The van der Waals surface area contributed by atoms with Crippen LogP contribution >= 0.6 is 11.8 Å². The molecule has 1 aliphatic rings. The number of carbonyl (C=O) groups is 2. The van der Waals surface area contributed by atoms with Crippen LogP contribution in [0.1, 0.15) is 26.3 Å². The lowest BCUT2D eigenvalue weighted by molar-refractivity contribution is -0.126. The minimum atomic E-state index is -4.44. The van der Waals surface area contributed by atoms with E-state index in [0.29, 0.717) is 11.4 Å². The SMILES string of the molecule is CC(C)Nc1cc(CN2C(=O)N(c3ccc(SC(F)(F)F)cc3)C(=O)C2(C)CO)ccn1. The van der Waals surface area contributed by atoms with E-state index in [4.69, 9.17) is 0 Å². The van der Waals surface area contributed by atoms with Gasteiger partial charge in [-0.15, -0.1) is 0 Å². The molecule has 0 radical (unpaired) electrons. The smallest absolute Gasteiger partial charge is 0.393 e. The first-order chi connectivity index (χ1) is 14.9. The molecule has 3 amide bonds. The molecule has 1 fully saturated rings. The van der Waals surface area contributed by atoms with E-state index in [1.807, 2.05) is 13.8 Å². The van der Waals surface area contributed by atoms with Crippen LogP contribution in [0, 0.1) is 0 Å². The highest BCUT2D eigenvalue weighted by Gasteiger charge is 2.54. The standard InChI is InChI=1S/C21H23F3N4O3S/c1-13(2)26-17-10-14(8-9-25-17)11-27-19(31)28(18(30)20(27,3)12-29)15-4-6-16(7-5-15)32-21(22,23)24/h4-10,13,29H,11-12H2,1-3H3,(H,25,26). The largest absolute Gasteiger partial charge is 0.446 e. The van der Waals surface area contributed by atoms with Crippen LogP contribution in [0.25, 0.3) is 0 Å². The molecule has 1 saturated heterocycles. The topological polar surface area (TPSA) is 85.8 Å². The summed E-state index contributed by atoms with van der Waals surface area (Å²) in [5.41, 5.74) is -5.14. The monoisotopic (exact) mass is 468 g/mol. The van der Waals surface area contributed by atoms with Gasteiger partial charge in [0.15, 0.2) is 0 Å². The van der Waals surface area contributed by atoms with E-state index in [0.717, 1.165) is 4.90 Å². The number of aliphatic hydroxyl groups is 1. The van der Waals surface area contributed by atoms with E-state index in [9.17, 15) is 27.9 Å². The van der Waals surface area contributed by atoms with Gasteiger partial charge < -0.3 is 15.3 Å². The van der Waals surface area contributed by atoms with Crippen molar-refractivity contribution in [3.8, 4) is 0 Å². The average Bonchev–Trinajstić information content (AvgIpc) is 2.88. The third-order valence-corrected chi connectivity index (χ3v) is 5.66. The van der Waals surface area contributed by atoms with Crippen LogP contribution in [0.4, 0.5) is 29.5 Å². The Balaban J connectivity index is 1.88. The maximum Gasteiger partial charge on any atom is 0.446 e. The van der Waals surface area contributed by atoms with Crippen molar-refractivity contribution in [3.05, 3.63) is 48.2 Å². The lowest BCUT2D eigenvalue weighted by Gasteiger charge is -2.29. The number of thioether (sulfide) groups is 1. The fraction of sp³-hybridized carbons (Fsp3) is 0.381. The lowest BCUT2D eigenvalue weighted by atomic mass is 10.0. The maximum absolute atomic E-state index is 13.2. The molecule has 172 valence electrons. The minimum Gasteiger partial charge on any atom is -0.393 e. The van der Waals surface area contributed by atoms with Crippen molar-refractivity contribution in [2.24, 2.45) is 0 Å². The van der Waals surface area contributed by atoms with Crippen LogP contribution in [-0.4, -0.2) is 50.6 Å². The van der Waals surface area contributed by atoms with Crippen LogP contribution in [-0.2, 0) is 11.3 Å². The maximum atomic E-state index is 13.2. The highest BCUT2D eigenvalue weighted by atomic mass is 32.2. The van der Waals surface area contributed by atoms with Crippen molar-refractivity contribution in [3.63, 3.8) is 0 Å². The molecule has 1 aliphatic heterocycles. The normalized spacial score (nSPS) is 19.2. The Morgan fingerprint density at radius 1 is 1.19 bits per heavy atom. The van der Waals surface area contributed by atoms with Crippen molar-refractivity contribution in [2.45, 2.75) is 49.3 Å². The number of benzene rings is 1. The number of rotatable bonds is 7. The Labute approximate surface area is 187 Å². The minimum absolute atomic E-state index is 0.0371. The molecule has 1 aromatic carbocycles.